The highest BCUT2D eigenvalue weighted by Gasteiger charge is 2.41. The van der Waals surface area contributed by atoms with Crippen LogP contribution in [0, 0.1) is 0 Å². The highest BCUT2D eigenvalue weighted by Crippen LogP contribution is 2.54. The molecule has 2 heterocycles. The molecule has 1 saturated heterocycles. The maximum Gasteiger partial charge on any atom is 0.222 e. The molecule has 22 heavy (non-hydrogen) atoms. The summed E-state index contributed by atoms with van der Waals surface area (Å²) in [5.74, 6) is 2.31. The molecule has 1 aliphatic carbocycles. The van der Waals surface area contributed by atoms with Crippen molar-refractivity contribution in [2.24, 2.45) is 5.73 Å². The summed E-state index contributed by atoms with van der Waals surface area (Å²) in [4.78, 5) is 11.1. The lowest BCUT2D eigenvalue weighted by molar-refractivity contribution is 0.751. The van der Waals surface area contributed by atoms with Crippen molar-refractivity contribution in [1.82, 2.24) is 9.97 Å². The van der Waals surface area contributed by atoms with Gasteiger partial charge in [0.2, 0.25) is 5.95 Å². The van der Waals surface area contributed by atoms with Crippen molar-refractivity contribution in [3.05, 3.63) is 47.7 Å². The molecule has 0 spiro atoms. The average Bonchev–Trinajstić information content (AvgIpc) is 3.22. The van der Waals surface area contributed by atoms with E-state index in [4.69, 9.17) is 11.5 Å². The third kappa shape index (κ3) is 2.52. The molecule has 1 aromatic heterocycles. The van der Waals surface area contributed by atoms with E-state index in [9.17, 15) is 0 Å². The van der Waals surface area contributed by atoms with E-state index in [1.165, 1.54) is 5.56 Å². The Hall–Kier alpha value is -2.14. The smallest absolute Gasteiger partial charge is 0.222 e. The molecule has 1 saturated carbocycles. The number of benzene rings is 1. The SMILES string of the molecule is Nc1nc([C@@H]2C[C@H]2c2ccccc2)cc(N2CC[C@@H](N)C2)n1. The van der Waals surface area contributed by atoms with Crippen LogP contribution in [-0.2, 0) is 0 Å². The zero-order valence-corrected chi connectivity index (χ0v) is 12.5. The minimum Gasteiger partial charge on any atom is -0.368 e. The van der Waals surface area contributed by atoms with Crippen molar-refractivity contribution in [3.63, 3.8) is 0 Å². The number of hydrogen-bond acceptors (Lipinski definition) is 5. The maximum atomic E-state index is 5.99. The number of rotatable bonds is 3. The second kappa shape index (κ2) is 5.25. The molecule has 2 aliphatic rings. The van der Waals surface area contributed by atoms with E-state index in [1.54, 1.807) is 0 Å². The van der Waals surface area contributed by atoms with E-state index < -0.39 is 0 Å². The minimum absolute atomic E-state index is 0.234. The van der Waals surface area contributed by atoms with Gasteiger partial charge in [0.05, 0.1) is 5.69 Å². The van der Waals surface area contributed by atoms with Crippen LogP contribution < -0.4 is 16.4 Å². The summed E-state index contributed by atoms with van der Waals surface area (Å²) in [5, 5.41) is 0. The summed E-state index contributed by atoms with van der Waals surface area (Å²) < 4.78 is 0. The molecule has 1 aromatic carbocycles. The van der Waals surface area contributed by atoms with Gasteiger partial charge in [-0.2, -0.15) is 4.98 Å². The lowest BCUT2D eigenvalue weighted by atomic mass is 10.1. The van der Waals surface area contributed by atoms with Crippen LogP contribution in [0.25, 0.3) is 0 Å². The molecule has 4 rings (SSSR count). The maximum absolute atomic E-state index is 5.99. The quantitative estimate of drug-likeness (QED) is 0.903. The summed E-state index contributed by atoms with van der Waals surface area (Å²) in [7, 11) is 0. The zero-order valence-electron chi connectivity index (χ0n) is 12.5. The zero-order chi connectivity index (χ0) is 15.1. The lowest BCUT2D eigenvalue weighted by Gasteiger charge is -2.17. The van der Waals surface area contributed by atoms with E-state index in [-0.39, 0.29) is 6.04 Å². The number of nitrogen functional groups attached to an aromatic ring is 1. The molecule has 0 radical (unpaired) electrons. The first-order valence-corrected chi connectivity index (χ1v) is 7.90. The second-order valence-electron chi connectivity index (χ2n) is 6.36. The Morgan fingerprint density at radius 2 is 1.91 bits per heavy atom. The van der Waals surface area contributed by atoms with E-state index in [0.717, 1.165) is 37.4 Å². The molecule has 2 aromatic rings. The first-order valence-electron chi connectivity index (χ1n) is 7.90. The highest BCUT2D eigenvalue weighted by molar-refractivity contribution is 5.47. The molecule has 114 valence electrons. The van der Waals surface area contributed by atoms with Gasteiger partial charge in [0.25, 0.3) is 0 Å². The fourth-order valence-corrected chi connectivity index (χ4v) is 3.41. The van der Waals surface area contributed by atoms with Gasteiger partial charge in [0.15, 0.2) is 0 Å². The summed E-state index contributed by atoms with van der Waals surface area (Å²) in [5.41, 5.74) is 14.4. The van der Waals surface area contributed by atoms with Crippen LogP contribution in [0.2, 0.25) is 0 Å². The van der Waals surface area contributed by atoms with Gasteiger partial charge in [0.1, 0.15) is 5.82 Å². The van der Waals surface area contributed by atoms with Gasteiger partial charge < -0.3 is 16.4 Å². The summed E-state index contributed by atoms with van der Waals surface area (Å²) in [6.45, 7) is 1.80. The third-order valence-electron chi connectivity index (χ3n) is 4.70. The fraction of sp³-hybridized carbons (Fsp3) is 0.412. The van der Waals surface area contributed by atoms with Crippen LogP contribution in [0.4, 0.5) is 11.8 Å². The number of hydrogen-bond donors (Lipinski definition) is 2. The van der Waals surface area contributed by atoms with Crippen LogP contribution >= 0.6 is 0 Å². The molecule has 1 aliphatic heterocycles. The predicted octanol–water partition coefficient (Wildman–Crippen LogP) is 1.87. The van der Waals surface area contributed by atoms with Crippen molar-refractivity contribution in [2.45, 2.75) is 30.7 Å². The van der Waals surface area contributed by atoms with Gasteiger partial charge >= 0.3 is 0 Å². The molecule has 3 atom stereocenters. The summed E-state index contributed by atoms with van der Waals surface area (Å²) in [6, 6.07) is 13.0. The molecule has 0 unspecified atom stereocenters. The van der Waals surface area contributed by atoms with Gasteiger partial charge in [-0.05, 0) is 24.3 Å². The summed E-state index contributed by atoms with van der Waals surface area (Å²) in [6.07, 6.45) is 2.15. The standard InChI is InChI=1S/C17H21N5/c18-12-6-7-22(10-12)16-9-15(20-17(19)21-16)14-8-13(14)11-4-2-1-3-5-11/h1-5,9,12-14H,6-8,10,18H2,(H2,19,20,21)/t12-,13+,14-/m1/s1. The predicted molar refractivity (Wildman–Crippen MR) is 87.8 cm³/mol. The fourth-order valence-electron chi connectivity index (χ4n) is 3.41. The normalized spacial score (nSPS) is 27.1. The van der Waals surface area contributed by atoms with Crippen LogP contribution in [0.1, 0.15) is 35.9 Å². The average molecular weight is 295 g/mol. The van der Waals surface area contributed by atoms with Crippen LogP contribution in [0.3, 0.4) is 0 Å². The minimum atomic E-state index is 0.234. The molecule has 0 bridgehead atoms. The monoisotopic (exact) mass is 295 g/mol. The number of nitrogens with two attached hydrogens (primary N) is 2. The van der Waals surface area contributed by atoms with Crippen molar-refractivity contribution in [2.75, 3.05) is 23.7 Å². The molecule has 2 fully saturated rings. The molecular formula is C17H21N5. The topological polar surface area (TPSA) is 81.1 Å². The Balaban J connectivity index is 1.57. The van der Waals surface area contributed by atoms with Crippen LogP contribution in [0.15, 0.2) is 36.4 Å². The number of aromatic nitrogens is 2. The second-order valence-corrected chi connectivity index (χ2v) is 6.36. The third-order valence-corrected chi connectivity index (χ3v) is 4.70. The molecule has 5 nitrogen and oxygen atoms in total. The molecule has 5 heteroatoms. The highest BCUT2D eigenvalue weighted by atomic mass is 15.2. The van der Waals surface area contributed by atoms with E-state index in [2.05, 4.69) is 51.3 Å². The van der Waals surface area contributed by atoms with Crippen molar-refractivity contribution in [3.8, 4) is 0 Å². The van der Waals surface area contributed by atoms with Crippen molar-refractivity contribution in [1.29, 1.82) is 0 Å². The first kappa shape index (κ1) is 13.5. The summed E-state index contributed by atoms with van der Waals surface area (Å²) >= 11 is 0. The Morgan fingerprint density at radius 3 is 2.64 bits per heavy atom. The van der Waals surface area contributed by atoms with E-state index in [1.807, 2.05) is 0 Å². The van der Waals surface area contributed by atoms with Crippen LogP contribution in [0.5, 0.6) is 0 Å². The van der Waals surface area contributed by atoms with Crippen LogP contribution in [-0.4, -0.2) is 29.1 Å². The van der Waals surface area contributed by atoms with Crippen molar-refractivity contribution < 1.29 is 0 Å². The Bertz CT molecular complexity index is 672. The lowest BCUT2D eigenvalue weighted by Crippen LogP contribution is -2.27. The molecular weight excluding hydrogens is 274 g/mol. The Labute approximate surface area is 130 Å². The van der Waals surface area contributed by atoms with Gasteiger partial charge in [-0.1, -0.05) is 30.3 Å². The molecule has 0 amide bonds. The Morgan fingerprint density at radius 1 is 1.09 bits per heavy atom. The van der Waals surface area contributed by atoms with Gasteiger partial charge in [-0.3, -0.25) is 0 Å². The van der Waals surface area contributed by atoms with E-state index in [0.29, 0.717) is 17.8 Å². The Kier molecular flexibility index (Phi) is 3.22. The first-order chi connectivity index (χ1) is 10.7. The van der Waals surface area contributed by atoms with Gasteiger partial charge in [-0.25, -0.2) is 4.98 Å². The molecule has 4 N–H and O–H groups in total. The van der Waals surface area contributed by atoms with Gasteiger partial charge in [0, 0.05) is 31.1 Å². The largest absolute Gasteiger partial charge is 0.368 e. The number of anilines is 2. The van der Waals surface area contributed by atoms with Crippen molar-refractivity contribution >= 4 is 11.8 Å². The number of nitrogens with zero attached hydrogens (tertiary/aromatic N) is 3. The van der Waals surface area contributed by atoms with Gasteiger partial charge in [-0.15, -0.1) is 0 Å². The van der Waals surface area contributed by atoms with E-state index >= 15 is 0 Å².